The van der Waals surface area contributed by atoms with Gasteiger partial charge in [-0.2, -0.15) is 0 Å². The van der Waals surface area contributed by atoms with Gasteiger partial charge >= 0.3 is 6.03 Å². The van der Waals surface area contributed by atoms with E-state index in [0.717, 1.165) is 41.8 Å². The molecule has 2 amide bonds. The molecule has 6 nitrogen and oxygen atoms in total. The number of hydroxylamine groups is 2. The van der Waals surface area contributed by atoms with Crippen LogP contribution in [0.3, 0.4) is 0 Å². The molecule has 0 bridgehead atoms. The highest BCUT2D eigenvalue weighted by atomic mass is 35.5. The SMILES string of the molecule is CC1=c2cc(Cl)ccc2=NC1(CCCCCCN(O)C(N)=O)c1cccnc1. The number of benzene rings is 1. The Labute approximate surface area is 169 Å². The molecule has 0 saturated heterocycles. The first kappa shape index (κ1) is 20.3. The van der Waals surface area contributed by atoms with Crippen LogP contribution in [0.1, 0.15) is 44.6 Å². The normalized spacial score (nSPS) is 17.9. The number of nitrogens with two attached hydrogens (primary N) is 1. The first-order valence-corrected chi connectivity index (χ1v) is 9.85. The highest BCUT2D eigenvalue weighted by Crippen LogP contribution is 2.40. The molecule has 148 valence electrons. The molecule has 3 rings (SSSR count). The summed E-state index contributed by atoms with van der Waals surface area (Å²) < 4.78 is 0. The van der Waals surface area contributed by atoms with Crippen LogP contribution in [0.2, 0.25) is 5.02 Å². The fourth-order valence-corrected chi connectivity index (χ4v) is 3.97. The van der Waals surface area contributed by atoms with Crippen LogP contribution in [0, 0.1) is 0 Å². The molecule has 0 spiro atoms. The number of urea groups is 1. The number of carbonyl (C=O) groups is 1. The number of hydrogen-bond donors (Lipinski definition) is 2. The molecular weight excluding hydrogens is 376 g/mol. The van der Waals surface area contributed by atoms with Crippen LogP contribution in [0.25, 0.3) is 5.57 Å². The van der Waals surface area contributed by atoms with Crippen molar-refractivity contribution in [2.75, 3.05) is 6.54 Å². The van der Waals surface area contributed by atoms with E-state index in [9.17, 15) is 10.0 Å². The van der Waals surface area contributed by atoms with Crippen molar-refractivity contribution < 1.29 is 10.0 Å². The van der Waals surface area contributed by atoms with Gasteiger partial charge in [0.05, 0.1) is 11.9 Å². The number of hydrogen-bond acceptors (Lipinski definition) is 4. The maximum absolute atomic E-state index is 10.8. The highest BCUT2D eigenvalue weighted by Gasteiger charge is 2.36. The number of aromatic nitrogens is 1. The number of primary amides is 1. The Balaban J connectivity index is 1.75. The van der Waals surface area contributed by atoms with E-state index in [0.29, 0.717) is 16.5 Å². The van der Waals surface area contributed by atoms with Crippen LogP contribution in [0.5, 0.6) is 0 Å². The minimum atomic E-state index is -0.818. The van der Waals surface area contributed by atoms with Crippen LogP contribution in [0.4, 0.5) is 4.79 Å². The lowest BCUT2D eigenvalue weighted by atomic mass is 9.80. The molecule has 0 saturated carbocycles. The van der Waals surface area contributed by atoms with Gasteiger partial charge in [0.15, 0.2) is 0 Å². The van der Waals surface area contributed by atoms with Crippen molar-refractivity contribution in [2.45, 2.75) is 44.6 Å². The predicted molar refractivity (Wildman–Crippen MR) is 108 cm³/mol. The van der Waals surface area contributed by atoms with E-state index in [1.807, 2.05) is 30.5 Å². The minimum Gasteiger partial charge on any atom is -0.350 e. The van der Waals surface area contributed by atoms with E-state index in [-0.39, 0.29) is 6.54 Å². The maximum atomic E-state index is 10.8. The fraction of sp³-hybridized carbons (Fsp3) is 0.381. The molecule has 2 heterocycles. The monoisotopic (exact) mass is 400 g/mol. The van der Waals surface area contributed by atoms with Gasteiger partial charge in [-0.05, 0) is 49.6 Å². The van der Waals surface area contributed by atoms with Crippen LogP contribution in [-0.4, -0.2) is 27.8 Å². The molecule has 7 heteroatoms. The average Bonchev–Trinajstić information content (AvgIpc) is 2.97. The van der Waals surface area contributed by atoms with Crippen molar-refractivity contribution in [3.63, 3.8) is 0 Å². The van der Waals surface area contributed by atoms with E-state index in [1.54, 1.807) is 6.20 Å². The average molecular weight is 401 g/mol. The molecule has 28 heavy (non-hydrogen) atoms. The summed E-state index contributed by atoms with van der Waals surface area (Å²) in [5.41, 5.74) is 6.85. The molecule has 1 aromatic heterocycles. The molecule has 1 atom stereocenters. The van der Waals surface area contributed by atoms with Crippen molar-refractivity contribution in [1.82, 2.24) is 10.0 Å². The summed E-state index contributed by atoms with van der Waals surface area (Å²) in [7, 11) is 0. The number of halogens is 1. The van der Waals surface area contributed by atoms with Gasteiger partial charge in [-0.3, -0.25) is 15.2 Å². The number of pyridine rings is 1. The maximum Gasteiger partial charge on any atom is 0.338 e. The van der Waals surface area contributed by atoms with Gasteiger partial charge in [-0.1, -0.05) is 36.9 Å². The third-order valence-corrected chi connectivity index (χ3v) is 5.58. The molecular formula is C21H25ClN4O2. The predicted octanol–water partition coefficient (Wildman–Crippen LogP) is 3.15. The lowest BCUT2D eigenvalue weighted by molar-refractivity contribution is -0.0403. The summed E-state index contributed by atoms with van der Waals surface area (Å²) in [6.07, 6.45) is 8.03. The van der Waals surface area contributed by atoms with Gasteiger partial charge in [0.1, 0.15) is 5.54 Å². The smallest absolute Gasteiger partial charge is 0.338 e. The van der Waals surface area contributed by atoms with E-state index < -0.39 is 11.6 Å². The van der Waals surface area contributed by atoms with Crippen molar-refractivity contribution in [3.8, 4) is 0 Å². The molecule has 0 fully saturated rings. The van der Waals surface area contributed by atoms with Crippen molar-refractivity contribution in [1.29, 1.82) is 0 Å². The Hall–Kier alpha value is -2.44. The zero-order valence-electron chi connectivity index (χ0n) is 15.9. The molecule has 1 aromatic carbocycles. The summed E-state index contributed by atoms with van der Waals surface area (Å²) in [5.74, 6) is 0. The minimum absolute atomic E-state index is 0.253. The van der Waals surface area contributed by atoms with Gasteiger partial charge in [0, 0.05) is 28.2 Å². The summed E-state index contributed by atoms with van der Waals surface area (Å²) in [6, 6.07) is 9.02. The first-order valence-electron chi connectivity index (χ1n) is 9.47. The molecule has 1 aliphatic rings. The van der Waals surface area contributed by atoms with Gasteiger partial charge in [-0.25, -0.2) is 9.86 Å². The molecule has 3 N–H and O–H groups in total. The van der Waals surface area contributed by atoms with Crippen molar-refractivity contribution in [2.24, 2.45) is 10.7 Å². The number of amides is 2. The lowest BCUT2D eigenvalue weighted by Gasteiger charge is -2.29. The van der Waals surface area contributed by atoms with Crippen LogP contribution < -0.4 is 16.3 Å². The first-order chi connectivity index (χ1) is 13.4. The van der Waals surface area contributed by atoms with E-state index in [1.165, 1.54) is 5.57 Å². The number of rotatable bonds is 8. The number of carbonyl (C=O) groups excluding carboxylic acids is 1. The fourth-order valence-electron chi connectivity index (χ4n) is 3.80. The van der Waals surface area contributed by atoms with Gasteiger partial charge < -0.3 is 5.73 Å². The van der Waals surface area contributed by atoms with Crippen LogP contribution >= 0.6 is 11.6 Å². The Kier molecular flexibility index (Phi) is 6.31. The van der Waals surface area contributed by atoms with Gasteiger partial charge in [-0.15, -0.1) is 0 Å². The Morgan fingerprint density at radius 2 is 2.04 bits per heavy atom. The van der Waals surface area contributed by atoms with Crippen LogP contribution in [-0.2, 0) is 5.54 Å². The van der Waals surface area contributed by atoms with Gasteiger partial charge in [0.25, 0.3) is 0 Å². The molecule has 1 aliphatic heterocycles. The van der Waals surface area contributed by atoms with Gasteiger partial charge in [0.2, 0.25) is 0 Å². The van der Waals surface area contributed by atoms with Crippen LogP contribution in [0.15, 0.2) is 47.7 Å². The third-order valence-electron chi connectivity index (χ3n) is 5.35. The molecule has 2 aromatic rings. The molecule has 0 aliphatic carbocycles. The largest absolute Gasteiger partial charge is 0.350 e. The van der Waals surface area contributed by atoms with E-state index >= 15 is 0 Å². The standard InChI is InChI=1S/C21H25ClN4O2/c1-15-18-13-17(22)8-9-19(18)25-21(15,16-7-6-11-24-14-16)10-4-2-3-5-12-26(28)20(23)27/h6-9,11,13-14,28H,2-5,10,12H2,1H3,(H2,23,27). The molecule has 0 radical (unpaired) electrons. The second-order valence-electron chi connectivity index (χ2n) is 7.13. The van der Waals surface area contributed by atoms with E-state index in [2.05, 4.69) is 18.0 Å². The highest BCUT2D eigenvalue weighted by molar-refractivity contribution is 6.30. The van der Waals surface area contributed by atoms with E-state index in [4.69, 9.17) is 22.3 Å². The number of fused-ring (bicyclic) bond motifs is 1. The third kappa shape index (κ3) is 4.18. The van der Waals surface area contributed by atoms with Crippen molar-refractivity contribution in [3.05, 3.63) is 63.9 Å². The van der Waals surface area contributed by atoms with Crippen molar-refractivity contribution >= 4 is 23.2 Å². The zero-order valence-corrected chi connectivity index (χ0v) is 16.7. The quantitative estimate of drug-likeness (QED) is 0.405. The zero-order chi connectivity index (χ0) is 20.1. The topological polar surface area (TPSA) is 91.8 Å². The molecule has 1 unspecified atom stereocenters. The summed E-state index contributed by atoms with van der Waals surface area (Å²) in [6.45, 7) is 2.37. The number of unbranched alkanes of at least 4 members (excludes halogenated alkanes) is 3. The number of nitrogens with zero attached hydrogens (tertiary/aromatic N) is 3. The summed E-state index contributed by atoms with van der Waals surface area (Å²) in [5, 5.41) is 12.6. The Bertz CT molecular complexity index is 964. The Morgan fingerprint density at radius 1 is 1.25 bits per heavy atom. The summed E-state index contributed by atoms with van der Waals surface area (Å²) >= 11 is 6.21. The lowest BCUT2D eigenvalue weighted by Crippen LogP contribution is -2.33. The second kappa shape index (κ2) is 8.71. The summed E-state index contributed by atoms with van der Waals surface area (Å²) in [4.78, 5) is 20.2. The second-order valence-corrected chi connectivity index (χ2v) is 7.56. The Morgan fingerprint density at radius 3 is 2.75 bits per heavy atom.